The molecule has 0 unspecified atom stereocenters. The van der Waals surface area contributed by atoms with Crippen LogP contribution in [0, 0.1) is 0 Å². The molecular formula is C10H12N4O3S. The molecule has 0 aliphatic carbocycles. The Kier molecular flexibility index (Phi) is 3.78. The quantitative estimate of drug-likeness (QED) is 0.868. The highest BCUT2D eigenvalue weighted by Crippen LogP contribution is 2.25. The molecule has 2 aromatic rings. The summed E-state index contributed by atoms with van der Waals surface area (Å²) in [4.78, 5) is 4.24. The number of hydrogen-bond acceptors (Lipinski definition) is 8. The molecule has 0 saturated heterocycles. The fourth-order valence-corrected chi connectivity index (χ4v) is 1.72. The molecule has 2 heterocycles. The smallest absolute Gasteiger partial charge is 0.296 e. The van der Waals surface area contributed by atoms with Crippen LogP contribution in [0.15, 0.2) is 12.1 Å². The summed E-state index contributed by atoms with van der Waals surface area (Å²) in [5.74, 6) is 0.983. The molecule has 2 rings (SSSR count). The molecule has 0 aromatic carbocycles. The number of pyridine rings is 1. The Labute approximate surface area is 108 Å². The van der Waals surface area contributed by atoms with Gasteiger partial charge < -0.3 is 19.9 Å². The van der Waals surface area contributed by atoms with Gasteiger partial charge in [-0.15, -0.1) is 5.10 Å². The SMILES string of the molecule is COc1ccc(COc2nnc(N)s2)nc1OC. The van der Waals surface area contributed by atoms with E-state index in [9.17, 15) is 0 Å². The number of anilines is 1. The lowest BCUT2D eigenvalue weighted by atomic mass is 10.3. The molecule has 0 aliphatic heterocycles. The van der Waals surface area contributed by atoms with Gasteiger partial charge in [-0.25, -0.2) is 4.98 Å². The van der Waals surface area contributed by atoms with Crippen molar-refractivity contribution < 1.29 is 14.2 Å². The minimum absolute atomic E-state index is 0.259. The van der Waals surface area contributed by atoms with Crippen LogP contribution in [0.5, 0.6) is 16.8 Å². The number of ether oxygens (including phenoxy) is 3. The summed E-state index contributed by atoms with van der Waals surface area (Å²) in [7, 11) is 3.08. The first kappa shape index (κ1) is 12.4. The molecule has 0 fully saturated rings. The number of methoxy groups -OCH3 is 2. The van der Waals surface area contributed by atoms with E-state index in [1.54, 1.807) is 19.2 Å². The molecule has 7 nitrogen and oxygen atoms in total. The van der Waals surface area contributed by atoms with Gasteiger partial charge in [0, 0.05) is 0 Å². The number of aromatic nitrogens is 3. The van der Waals surface area contributed by atoms with Gasteiger partial charge in [0.05, 0.1) is 19.9 Å². The number of nitrogens with zero attached hydrogens (tertiary/aromatic N) is 3. The van der Waals surface area contributed by atoms with E-state index < -0.39 is 0 Å². The molecule has 8 heteroatoms. The highest BCUT2D eigenvalue weighted by atomic mass is 32.1. The van der Waals surface area contributed by atoms with E-state index in [0.717, 1.165) is 0 Å². The summed E-state index contributed by atoms with van der Waals surface area (Å²) in [6.07, 6.45) is 0. The fraction of sp³-hybridized carbons (Fsp3) is 0.300. The van der Waals surface area contributed by atoms with E-state index >= 15 is 0 Å². The van der Waals surface area contributed by atoms with Gasteiger partial charge in [0.15, 0.2) is 5.75 Å². The zero-order valence-electron chi connectivity index (χ0n) is 9.91. The molecular weight excluding hydrogens is 256 g/mol. The van der Waals surface area contributed by atoms with Gasteiger partial charge in [0.25, 0.3) is 11.1 Å². The van der Waals surface area contributed by atoms with Crippen LogP contribution in [0.2, 0.25) is 0 Å². The van der Waals surface area contributed by atoms with Crippen molar-refractivity contribution in [3.8, 4) is 16.8 Å². The predicted molar refractivity (Wildman–Crippen MR) is 66.0 cm³/mol. The van der Waals surface area contributed by atoms with E-state index in [2.05, 4.69) is 15.2 Å². The molecule has 0 atom stereocenters. The average molecular weight is 268 g/mol. The lowest BCUT2D eigenvalue weighted by Gasteiger charge is -2.08. The first-order valence-electron chi connectivity index (χ1n) is 5.02. The standard InChI is InChI=1S/C10H12N4O3S/c1-15-7-4-3-6(12-8(7)16-2)5-17-10-14-13-9(11)18-10/h3-4H,5H2,1-2H3,(H2,11,13). The molecule has 0 radical (unpaired) electrons. The Morgan fingerprint density at radius 2 is 2.06 bits per heavy atom. The highest BCUT2D eigenvalue weighted by molar-refractivity contribution is 7.16. The molecule has 0 saturated carbocycles. The van der Waals surface area contributed by atoms with Crippen LogP contribution >= 0.6 is 11.3 Å². The topological polar surface area (TPSA) is 92.4 Å². The summed E-state index contributed by atoms with van der Waals surface area (Å²) in [5.41, 5.74) is 6.14. The van der Waals surface area contributed by atoms with E-state index in [0.29, 0.717) is 27.6 Å². The van der Waals surface area contributed by atoms with Gasteiger partial charge in [0.1, 0.15) is 6.61 Å². The van der Waals surface area contributed by atoms with Crippen molar-refractivity contribution in [1.82, 2.24) is 15.2 Å². The van der Waals surface area contributed by atoms with Crippen LogP contribution in [0.1, 0.15) is 5.69 Å². The summed E-state index contributed by atoms with van der Waals surface area (Å²) in [6.45, 7) is 0.259. The molecule has 0 spiro atoms. The molecule has 0 bridgehead atoms. The highest BCUT2D eigenvalue weighted by Gasteiger charge is 2.08. The van der Waals surface area contributed by atoms with Crippen molar-refractivity contribution in [3.05, 3.63) is 17.8 Å². The van der Waals surface area contributed by atoms with Crippen LogP contribution in [0.3, 0.4) is 0 Å². The van der Waals surface area contributed by atoms with Crippen molar-refractivity contribution >= 4 is 16.5 Å². The molecule has 2 aromatic heterocycles. The molecule has 2 N–H and O–H groups in total. The monoisotopic (exact) mass is 268 g/mol. The molecule has 0 aliphatic rings. The van der Waals surface area contributed by atoms with E-state index in [-0.39, 0.29) is 6.61 Å². The van der Waals surface area contributed by atoms with Gasteiger partial charge in [-0.1, -0.05) is 5.10 Å². The lowest BCUT2D eigenvalue weighted by Crippen LogP contribution is -2.01. The van der Waals surface area contributed by atoms with Gasteiger partial charge in [-0.05, 0) is 23.5 Å². The first-order valence-corrected chi connectivity index (χ1v) is 5.84. The predicted octanol–water partition coefficient (Wildman–Crippen LogP) is 1.11. The summed E-state index contributed by atoms with van der Waals surface area (Å²) < 4.78 is 15.6. The lowest BCUT2D eigenvalue weighted by molar-refractivity contribution is 0.291. The summed E-state index contributed by atoms with van der Waals surface area (Å²) in [5, 5.41) is 8.16. The number of hydrogen-bond donors (Lipinski definition) is 1. The van der Waals surface area contributed by atoms with Gasteiger partial charge in [0.2, 0.25) is 5.13 Å². The van der Waals surface area contributed by atoms with Gasteiger partial charge in [-0.2, -0.15) is 0 Å². The number of rotatable bonds is 5. The minimum atomic E-state index is 0.259. The van der Waals surface area contributed by atoms with Crippen LogP contribution in [0.4, 0.5) is 5.13 Å². The van der Waals surface area contributed by atoms with Gasteiger partial charge in [-0.3, -0.25) is 0 Å². The van der Waals surface area contributed by atoms with Gasteiger partial charge >= 0.3 is 0 Å². The Bertz CT molecular complexity index is 532. The van der Waals surface area contributed by atoms with Crippen LogP contribution in [-0.4, -0.2) is 29.4 Å². The average Bonchev–Trinajstić information content (AvgIpc) is 2.81. The maximum atomic E-state index is 5.44. The zero-order valence-corrected chi connectivity index (χ0v) is 10.7. The summed E-state index contributed by atoms with van der Waals surface area (Å²) in [6, 6.07) is 3.55. The largest absolute Gasteiger partial charge is 0.491 e. The third-order valence-electron chi connectivity index (χ3n) is 2.06. The van der Waals surface area contributed by atoms with Crippen molar-refractivity contribution in [1.29, 1.82) is 0 Å². The molecule has 96 valence electrons. The number of nitrogens with two attached hydrogens (primary N) is 1. The molecule has 18 heavy (non-hydrogen) atoms. The van der Waals surface area contributed by atoms with Crippen molar-refractivity contribution in [3.63, 3.8) is 0 Å². The van der Waals surface area contributed by atoms with Crippen molar-refractivity contribution in [2.75, 3.05) is 20.0 Å². The van der Waals surface area contributed by atoms with E-state index in [1.165, 1.54) is 18.4 Å². The van der Waals surface area contributed by atoms with Crippen LogP contribution < -0.4 is 19.9 Å². The number of nitrogen functional groups attached to an aromatic ring is 1. The van der Waals surface area contributed by atoms with E-state index in [4.69, 9.17) is 19.9 Å². The Hall–Kier alpha value is -2.09. The minimum Gasteiger partial charge on any atom is -0.491 e. The second kappa shape index (κ2) is 5.50. The van der Waals surface area contributed by atoms with Crippen LogP contribution in [-0.2, 0) is 6.61 Å². The maximum absolute atomic E-state index is 5.44. The van der Waals surface area contributed by atoms with Crippen LogP contribution in [0.25, 0.3) is 0 Å². The van der Waals surface area contributed by atoms with Crippen molar-refractivity contribution in [2.24, 2.45) is 0 Å². The maximum Gasteiger partial charge on any atom is 0.296 e. The zero-order chi connectivity index (χ0) is 13.0. The van der Waals surface area contributed by atoms with E-state index in [1.807, 2.05) is 0 Å². The Balaban J connectivity index is 2.05. The Morgan fingerprint density at radius 3 is 2.67 bits per heavy atom. The fourth-order valence-electron chi connectivity index (χ4n) is 1.26. The normalized spacial score (nSPS) is 10.1. The summed E-state index contributed by atoms with van der Waals surface area (Å²) >= 11 is 1.17. The Morgan fingerprint density at radius 1 is 1.22 bits per heavy atom. The molecule has 0 amide bonds. The second-order valence-corrected chi connectivity index (χ2v) is 4.18. The first-order chi connectivity index (χ1) is 8.72. The third-order valence-corrected chi connectivity index (χ3v) is 2.73. The third kappa shape index (κ3) is 2.77. The van der Waals surface area contributed by atoms with Crippen molar-refractivity contribution in [2.45, 2.75) is 6.61 Å². The second-order valence-electron chi connectivity index (χ2n) is 3.21.